The van der Waals surface area contributed by atoms with E-state index in [1.165, 1.54) is 12.3 Å². The normalized spacial score (nSPS) is 10.4. The van der Waals surface area contributed by atoms with Gasteiger partial charge in [0.2, 0.25) is 0 Å². The van der Waals surface area contributed by atoms with Gasteiger partial charge in [0.05, 0.1) is 5.69 Å². The maximum atomic E-state index is 13.7. The van der Waals surface area contributed by atoms with E-state index in [0.29, 0.717) is 27.8 Å². The minimum absolute atomic E-state index is 0.288. The van der Waals surface area contributed by atoms with Crippen LogP contribution in [0.1, 0.15) is 15.9 Å². The second-order valence-electron chi connectivity index (χ2n) is 5.45. The number of benzene rings is 2. The van der Waals surface area contributed by atoms with E-state index in [1.54, 1.807) is 48.5 Å². The monoisotopic (exact) mass is 355 g/mol. The Labute approximate surface area is 149 Å². The van der Waals surface area contributed by atoms with E-state index in [1.807, 2.05) is 6.92 Å². The molecule has 0 saturated heterocycles. The fraction of sp³-hybridized carbons (Fsp3) is 0.0526. The van der Waals surface area contributed by atoms with Gasteiger partial charge >= 0.3 is 0 Å². The molecule has 0 aliphatic rings. The summed E-state index contributed by atoms with van der Waals surface area (Å²) in [4.78, 5) is 16.6. The van der Waals surface area contributed by atoms with Crippen molar-refractivity contribution in [2.24, 2.45) is 0 Å². The predicted octanol–water partition coefficient (Wildman–Crippen LogP) is 5.18. The van der Waals surface area contributed by atoms with Gasteiger partial charge in [-0.2, -0.15) is 0 Å². The maximum Gasteiger partial charge on any atom is 0.255 e. The molecule has 3 rings (SSSR count). The molecule has 1 heterocycles. The molecule has 0 atom stereocenters. The summed E-state index contributed by atoms with van der Waals surface area (Å²) in [6.07, 6.45) is 1.49. The highest BCUT2D eigenvalue weighted by Crippen LogP contribution is 2.22. The van der Waals surface area contributed by atoms with Gasteiger partial charge in [0.25, 0.3) is 5.91 Å². The van der Waals surface area contributed by atoms with Crippen LogP contribution < -0.4 is 10.6 Å². The molecule has 6 heteroatoms. The second kappa shape index (κ2) is 7.32. The minimum atomic E-state index is -0.393. The Morgan fingerprint density at radius 1 is 1.08 bits per heavy atom. The van der Waals surface area contributed by atoms with Gasteiger partial charge in [-0.3, -0.25) is 4.79 Å². The number of aryl methyl sites for hydroxylation is 1. The van der Waals surface area contributed by atoms with Crippen molar-refractivity contribution in [2.45, 2.75) is 6.92 Å². The van der Waals surface area contributed by atoms with E-state index >= 15 is 0 Å². The lowest BCUT2D eigenvalue weighted by molar-refractivity contribution is 0.102. The van der Waals surface area contributed by atoms with Crippen LogP contribution in [0.4, 0.5) is 21.6 Å². The molecule has 1 amide bonds. The van der Waals surface area contributed by atoms with Crippen molar-refractivity contribution in [2.75, 3.05) is 10.6 Å². The highest BCUT2D eigenvalue weighted by Gasteiger charge is 2.10. The van der Waals surface area contributed by atoms with Crippen LogP contribution in [0.25, 0.3) is 0 Å². The summed E-state index contributed by atoms with van der Waals surface area (Å²) in [5, 5.41) is 6.30. The Morgan fingerprint density at radius 2 is 1.88 bits per heavy atom. The number of nitrogens with one attached hydrogen (secondary N) is 2. The smallest absolute Gasteiger partial charge is 0.255 e. The van der Waals surface area contributed by atoms with E-state index in [0.717, 1.165) is 5.56 Å². The number of aromatic nitrogens is 1. The van der Waals surface area contributed by atoms with Crippen molar-refractivity contribution in [1.82, 2.24) is 4.98 Å². The zero-order valence-electron chi connectivity index (χ0n) is 13.4. The topological polar surface area (TPSA) is 54.0 Å². The molecular formula is C19H15ClFN3O. The van der Waals surface area contributed by atoms with Crippen molar-refractivity contribution >= 4 is 34.7 Å². The fourth-order valence-corrected chi connectivity index (χ4v) is 2.53. The summed E-state index contributed by atoms with van der Waals surface area (Å²) >= 11 is 5.92. The zero-order valence-corrected chi connectivity index (χ0v) is 14.1. The van der Waals surface area contributed by atoms with Gasteiger partial charge in [-0.15, -0.1) is 0 Å². The molecule has 0 aliphatic heterocycles. The Hall–Kier alpha value is -2.92. The number of carbonyl (C=O) groups is 1. The molecule has 0 fully saturated rings. The molecule has 1 aromatic heterocycles. The third-order valence-electron chi connectivity index (χ3n) is 3.60. The number of rotatable bonds is 4. The lowest BCUT2D eigenvalue weighted by Gasteiger charge is -2.10. The predicted molar refractivity (Wildman–Crippen MR) is 98.1 cm³/mol. The molecule has 0 spiro atoms. The van der Waals surface area contributed by atoms with Crippen LogP contribution in [0.15, 0.2) is 60.8 Å². The number of hydrogen-bond acceptors (Lipinski definition) is 3. The van der Waals surface area contributed by atoms with Gasteiger partial charge < -0.3 is 10.6 Å². The van der Waals surface area contributed by atoms with Crippen molar-refractivity contribution in [1.29, 1.82) is 0 Å². The van der Waals surface area contributed by atoms with Crippen molar-refractivity contribution in [3.05, 3.63) is 82.8 Å². The molecule has 0 aliphatic carbocycles. The van der Waals surface area contributed by atoms with Crippen molar-refractivity contribution in [3.63, 3.8) is 0 Å². The van der Waals surface area contributed by atoms with Gasteiger partial charge in [0.15, 0.2) is 0 Å². The number of pyridine rings is 1. The Kier molecular flexibility index (Phi) is 4.95. The van der Waals surface area contributed by atoms with Gasteiger partial charge in [-0.1, -0.05) is 23.7 Å². The first kappa shape index (κ1) is 16.9. The summed E-state index contributed by atoms with van der Waals surface area (Å²) in [5.41, 5.74) is 2.23. The van der Waals surface area contributed by atoms with Crippen LogP contribution in [0.3, 0.4) is 0 Å². The molecule has 2 aromatic carbocycles. The third kappa shape index (κ3) is 4.14. The van der Waals surface area contributed by atoms with Crippen LogP contribution in [0.5, 0.6) is 0 Å². The lowest BCUT2D eigenvalue weighted by atomic mass is 10.2. The number of amides is 1. The maximum absolute atomic E-state index is 13.7. The molecule has 4 nitrogen and oxygen atoms in total. The van der Waals surface area contributed by atoms with Crippen LogP contribution in [0, 0.1) is 12.7 Å². The molecule has 3 aromatic rings. The number of hydrogen-bond donors (Lipinski definition) is 2. The minimum Gasteiger partial charge on any atom is -0.338 e. The zero-order chi connectivity index (χ0) is 17.8. The fourth-order valence-electron chi connectivity index (χ4n) is 2.30. The molecule has 0 unspecified atom stereocenters. The molecule has 0 bridgehead atoms. The summed E-state index contributed by atoms with van der Waals surface area (Å²) in [7, 11) is 0. The summed E-state index contributed by atoms with van der Waals surface area (Å²) in [6, 6.07) is 14.6. The standard InChI is InChI=1S/C19H15ClFN3O/c1-12-10-14(20)6-7-16(12)24-19(25)13-8-9-22-18(11-13)23-17-5-3-2-4-15(17)21/h2-11H,1H3,(H,22,23)(H,24,25). The third-order valence-corrected chi connectivity index (χ3v) is 3.83. The number of para-hydroxylation sites is 1. The molecule has 126 valence electrons. The highest BCUT2D eigenvalue weighted by atomic mass is 35.5. The quantitative estimate of drug-likeness (QED) is 0.678. The van der Waals surface area contributed by atoms with Crippen LogP contribution in [-0.2, 0) is 0 Å². The molecule has 0 radical (unpaired) electrons. The van der Waals surface area contributed by atoms with Gasteiger partial charge in [-0.25, -0.2) is 9.37 Å². The van der Waals surface area contributed by atoms with Gasteiger partial charge in [0, 0.05) is 22.5 Å². The molecule has 2 N–H and O–H groups in total. The first-order valence-corrected chi connectivity index (χ1v) is 7.96. The number of anilines is 3. The number of carbonyl (C=O) groups excluding carboxylic acids is 1. The molecule has 0 saturated carbocycles. The van der Waals surface area contributed by atoms with Crippen LogP contribution >= 0.6 is 11.6 Å². The largest absolute Gasteiger partial charge is 0.338 e. The van der Waals surface area contributed by atoms with Crippen LogP contribution in [0.2, 0.25) is 5.02 Å². The summed E-state index contributed by atoms with van der Waals surface area (Å²) < 4.78 is 13.7. The average Bonchev–Trinajstić information content (AvgIpc) is 2.60. The van der Waals surface area contributed by atoms with E-state index < -0.39 is 5.82 Å². The Morgan fingerprint density at radius 3 is 2.64 bits per heavy atom. The first-order valence-electron chi connectivity index (χ1n) is 7.58. The molecule has 25 heavy (non-hydrogen) atoms. The Balaban J connectivity index is 1.79. The van der Waals surface area contributed by atoms with Gasteiger partial charge in [0.1, 0.15) is 11.6 Å². The van der Waals surface area contributed by atoms with Crippen molar-refractivity contribution < 1.29 is 9.18 Å². The second-order valence-corrected chi connectivity index (χ2v) is 5.88. The SMILES string of the molecule is Cc1cc(Cl)ccc1NC(=O)c1ccnc(Nc2ccccc2F)c1. The van der Waals surface area contributed by atoms with E-state index in [9.17, 15) is 9.18 Å². The molecular weight excluding hydrogens is 341 g/mol. The van der Waals surface area contributed by atoms with Crippen LogP contribution in [-0.4, -0.2) is 10.9 Å². The van der Waals surface area contributed by atoms with E-state index in [4.69, 9.17) is 11.6 Å². The number of halogens is 2. The van der Waals surface area contributed by atoms with Gasteiger partial charge in [-0.05, 0) is 55.0 Å². The summed E-state index contributed by atoms with van der Waals surface area (Å²) in [5.74, 6) is -0.300. The van der Waals surface area contributed by atoms with Crippen molar-refractivity contribution in [3.8, 4) is 0 Å². The van der Waals surface area contributed by atoms with E-state index in [-0.39, 0.29) is 5.91 Å². The highest BCUT2D eigenvalue weighted by molar-refractivity contribution is 6.30. The summed E-state index contributed by atoms with van der Waals surface area (Å²) in [6.45, 7) is 1.86. The number of nitrogens with zero attached hydrogens (tertiary/aromatic N) is 1. The first-order chi connectivity index (χ1) is 12.0. The lowest BCUT2D eigenvalue weighted by Crippen LogP contribution is -2.13. The van der Waals surface area contributed by atoms with E-state index in [2.05, 4.69) is 15.6 Å². The Bertz CT molecular complexity index is 930. The average molecular weight is 356 g/mol.